The van der Waals surface area contributed by atoms with E-state index in [1.807, 2.05) is 29.1 Å². The third-order valence-corrected chi connectivity index (χ3v) is 3.85. The molecular weight excluding hydrogens is 264 g/mol. The summed E-state index contributed by atoms with van der Waals surface area (Å²) in [6.07, 6.45) is 4.30. The van der Waals surface area contributed by atoms with Crippen LogP contribution in [0.1, 0.15) is 12.1 Å². The van der Waals surface area contributed by atoms with Gasteiger partial charge in [0.25, 0.3) is 0 Å². The first-order chi connectivity index (χ1) is 9.15. The number of aryl methyl sites for hydroxylation is 2. The molecule has 0 amide bonds. The van der Waals surface area contributed by atoms with Crippen molar-refractivity contribution in [2.45, 2.75) is 12.8 Å². The molecule has 7 heteroatoms. The molecule has 3 aromatic rings. The number of fused-ring (bicyclic) bond motifs is 1. The fourth-order valence-corrected chi connectivity index (χ4v) is 2.90. The molecule has 0 aliphatic carbocycles. The predicted octanol–water partition coefficient (Wildman–Crippen LogP) is 1.81. The highest BCUT2D eigenvalue weighted by molar-refractivity contribution is 7.15. The Labute approximate surface area is 112 Å². The summed E-state index contributed by atoms with van der Waals surface area (Å²) < 4.78 is 3.72. The van der Waals surface area contributed by atoms with Crippen molar-refractivity contribution in [3.63, 3.8) is 0 Å². The van der Waals surface area contributed by atoms with E-state index in [0.29, 0.717) is 6.42 Å². The van der Waals surface area contributed by atoms with Crippen molar-refractivity contribution in [2.24, 2.45) is 7.05 Å². The van der Waals surface area contributed by atoms with Gasteiger partial charge in [-0.3, -0.25) is 13.9 Å². The Kier molecular flexibility index (Phi) is 2.83. The summed E-state index contributed by atoms with van der Waals surface area (Å²) >= 11 is 1.52. The van der Waals surface area contributed by atoms with Gasteiger partial charge in [-0.25, -0.2) is 4.98 Å². The van der Waals surface area contributed by atoms with E-state index in [4.69, 9.17) is 5.11 Å². The molecule has 0 atom stereocenters. The minimum absolute atomic E-state index is 0.130. The lowest BCUT2D eigenvalue weighted by Gasteiger charge is -1.97. The molecule has 0 aromatic carbocycles. The second kappa shape index (κ2) is 4.51. The molecule has 0 aliphatic rings. The lowest BCUT2D eigenvalue weighted by atomic mass is 10.2. The van der Waals surface area contributed by atoms with Gasteiger partial charge in [0, 0.05) is 30.5 Å². The van der Waals surface area contributed by atoms with Crippen LogP contribution < -0.4 is 0 Å². The maximum absolute atomic E-state index is 10.6. The van der Waals surface area contributed by atoms with Gasteiger partial charge in [0.05, 0.1) is 12.1 Å². The molecule has 0 aliphatic heterocycles. The molecule has 19 heavy (non-hydrogen) atoms. The molecule has 98 valence electrons. The number of rotatable bonds is 4. The molecule has 0 radical (unpaired) electrons. The number of carboxylic acid groups (broad SMARTS) is 1. The lowest BCUT2D eigenvalue weighted by molar-refractivity contribution is -0.136. The van der Waals surface area contributed by atoms with Crippen molar-refractivity contribution in [3.05, 3.63) is 29.5 Å². The van der Waals surface area contributed by atoms with E-state index < -0.39 is 5.97 Å². The van der Waals surface area contributed by atoms with Crippen molar-refractivity contribution in [3.8, 4) is 11.4 Å². The number of carboxylic acids is 1. The Morgan fingerprint density at radius 3 is 3.05 bits per heavy atom. The highest BCUT2D eigenvalue weighted by Crippen LogP contribution is 2.23. The summed E-state index contributed by atoms with van der Waals surface area (Å²) in [4.78, 5) is 16.0. The molecule has 6 nitrogen and oxygen atoms in total. The maximum Gasteiger partial charge on any atom is 0.303 e. The monoisotopic (exact) mass is 276 g/mol. The number of thiazole rings is 1. The highest BCUT2D eigenvalue weighted by atomic mass is 32.1. The Bertz CT molecular complexity index is 740. The highest BCUT2D eigenvalue weighted by Gasteiger charge is 2.12. The van der Waals surface area contributed by atoms with Crippen LogP contribution in [-0.2, 0) is 18.3 Å². The van der Waals surface area contributed by atoms with E-state index in [9.17, 15) is 4.79 Å². The SMILES string of the molecule is Cn1nccc1-c1cn2c(CCC(=O)O)csc2n1. The molecule has 1 N–H and O–H groups in total. The standard InChI is InChI=1S/C12H12N4O2S/c1-15-10(4-5-13-15)9-6-16-8(2-3-11(17)18)7-19-12(16)14-9/h4-7H,2-3H2,1H3,(H,17,18). The van der Waals surface area contributed by atoms with Crippen LogP contribution in [0.25, 0.3) is 16.3 Å². The summed E-state index contributed by atoms with van der Waals surface area (Å²) in [5, 5.41) is 14.8. The maximum atomic E-state index is 10.6. The van der Waals surface area contributed by atoms with E-state index in [1.165, 1.54) is 11.3 Å². The van der Waals surface area contributed by atoms with Gasteiger partial charge in [0.1, 0.15) is 5.69 Å². The summed E-state index contributed by atoms with van der Waals surface area (Å²) in [6, 6.07) is 1.91. The van der Waals surface area contributed by atoms with Gasteiger partial charge in [-0.05, 0) is 12.5 Å². The average Bonchev–Trinajstić information content (AvgIpc) is 3.00. The molecule has 0 spiro atoms. The van der Waals surface area contributed by atoms with E-state index in [1.54, 1.807) is 10.9 Å². The number of aliphatic carboxylic acids is 1. The third kappa shape index (κ3) is 2.12. The minimum atomic E-state index is -0.786. The first kappa shape index (κ1) is 11.9. The predicted molar refractivity (Wildman–Crippen MR) is 71.2 cm³/mol. The molecule has 0 saturated heterocycles. The molecule has 0 bridgehead atoms. The van der Waals surface area contributed by atoms with Crippen molar-refractivity contribution >= 4 is 22.3 Å². The van der Waals surface area contributed by atoms with Crippen molar-refractivity contribution in [1.82, 2.24) is 19.2 Å². The van der Waals surface area contributed by atoms with Gasteiger partial charge in [0.15, 0.2) is 4.96 Å². The lowest BCUT2D eigenvalue weighted by Crippen LogP contribution is -1.99. The van der Waals surface area contributed by atoms with Gasteiger partial charge >= 0.3 is 5.97 Å². The number of hydrogen-bond acceptors (Lipinski definition) is 4. The van der Waals surface area contributed by atoms with Crippen LogP contribution in [0.4, 0.5) is 0 Å². The average molecular weight is 276 g/mol. The summed E-state index contributed by atoms with van der Waals surface area (Å²) in [7, 11) is 1.87. The smallest absolute Gasteiger partial charge is 0.303 e. The van der Waals surface area contributed by atoms with Crippen LogP contribution in [0.3, 0.4) is 0 Å². The van der Waals surface area contributed by atoms with E-state index >= 15 is 0 Å². The van der Waals surface area contributed by atoms with Gasteiger partial charge in [0.2, 0.25) is 0 Å². The summed E-state index contributed by atoms with van der Waals surface area (Å²) in [5.41, 5.74) is 2.77. The number of aromatic nitrogens is 4. The van der Waals surface area contributed by atoms with Gasteiger partial charge in [-0.15, -0.1) is 11.3 Å². The minimum Gasteiger partial charge on any atom is -0.481 e. The third-order valence-electron chi connectivity index (χ3n) is 2.96. The van der Waals surface area contributed by atoms with Gasteiger partial charge in [-0.2, -0.15) is 5.10 Å². The number of carbonyl (C=O) groups is 1. The Hall–Kier alpha value is -2.15. The molecule has 3 heterocycles. The zero-order valence-corrected chi connectivity index (χ0v) is 11.1. The normalized spacial score (nSPS) is 11.2. The zero-order chi connectivity index (χ0) is 13.4. The van der Waals surface area contributed by atoms with Crippen LogP contribution in [0.15, 0.2) is 23.8 Å². The number of nitrogens with zero attached hydrogens (tertiary/aromatic N) is 4. The van der Waals surface area contributed by atoms with E-state index in [2.05, 4.69) is 10.1 Å². The van der Waals surface area contributed by atoms with Crippen LogP contribution in [0, 0.1) is 0 Å². The second-order valence-electron chi connectivity index (χ2n) is 4.24. The molecule has 0 saturated carbocycles. The molecule has 0 unspecified atom stereocenters. The van der Waals surface area contributed by atoms with Crippen LogP contribution in [0.2, 0.25) is 0 Å². The topological polar surface area (TPSA) is 72.4 Å². The largest absolute Gasteiger partial charge is 0.481 e. The quantitative estimate of drug-likeness (QED) is 0.789. The van der Waals surface area contributed by atoms with E-state index in [-0.39, 0.29) is 6.42 Å². The first-order valence-corrected chi connectivity index (χ1v) is 6.69. The van der Waals surface area contributed by atoms with Crippen molar-refractivity contribution < 1.29 is 9.90 Å². The molecule has 0 fully saturated rings. The number of hydrogen-bond donors (Lipinski definition) is 1. The van der Waals surface area contributed by atoms with Crippen LogP contribution in [-0.4, -0.2) is 30.2 Å². The number of imidazole rings is 1. The summed E-state index contributed by atoms with van der Waals surface area (Å²) in [6.45, 7) is 0. The van der Waals surface area contributed by atoms with Crippen LogP contribution >= 0.6 is 11.3 Å². The van der Waals surface area contributed by atoms with Gasteiger partial charge in [-0.1, -0.05) is 0 Å². The van der Waals surface area contributed by atoms with Crippen molar-refractivity contribution in [1.29, 1.82) is 0 Å². The molecular formula is C12H12N4O2S. The van der Waals surface area contributed by atoms with E-state index in [0.717, 1.165) is 22.0 Å². The Morgan fingerprint density at radius 2 is 2.37 bits per heavy atom. The van der Waals surface area contributed by atoms with Crippen molar-refractivity contribution in [2.75, 3.05) is 0 Å². The summed E-state index contributed by atoms with van der Waals surface area (Å²) in [5.74, 6) is -0.786. The Morgan fingerprint density at radius 1 is 1.53 bits per heavy atom. The molecule has 3 rings (SSSR count). The fraction of sp³-hybridized carbons (Fsp3) is 0.250. The van der Waals surface area contributed by atoms with Gasteiger partial charge < -0.3 is 5.11 Å². The fourth-order valence-electron chi connectivity index (χ4n) is 1.99. The Balaban J connectivity index is 1.98. The second-order valence-corrected chi connectivity index (χ2v) is 5.08. The first-order valence-electron chi connectivity index (χ1n) is 5.81. The van der Waals surface area contributed by atoms with Crippen LogP contribution in [0.5, 0.6) is 0 Å². The molecule has 3 aromatic heterocycles. The zero-order valence-electron chi connectivity index (χ0n) is 10.3.